The molecule has 0 aliphatic heterocycles. The molecule has 0 spiro atoms. The molecule has 4 nitrogen and oxygen atoms in total. The van der Waals surface area contributed by atoms with Gasteiger partial charge in [-0.1, -0.05) is 0 Å². The molecular weight excluding hydrogens is 210 g/mol. The van der Waals surface area contributed by atoms with E-state index in [9.17, 15) is 4.79 Å². The van der Waals surface area contributed by atoms with E-state index in [0.29, 0.717) is 19.5 Å². The SMILES string of the molecule is Cc1ncc(CN(C)C(=O)CCCN)s1. The Morgan fingerprint density at radius 3 is 2.93 bits per heavy atom. The first-order chi connectivity index (χ1) is 7.13. The minimum atomic E-state index is 0.145. The van der Waals surface area contributed by atoms with Gasteiger partial charge in [-0.2, -0.15) is 0 Å². The van der Waals surface area contributed by atoms with Gasteiger partial charge in [-0.05, 0) is 19.9 Å². The van der Waals surface area contributed by atoms with Crippen LogP contribution < -0.4 is 5.73 Å². The number of thiazole rings is 1. The monoisotopic (exact) mass is 227 g/mol. The van der Waals surface area contributed by atoms with Crippen molar-refractivity contribution < 1.29 is 4.79 Å². The number of nitrogens with zero attached hydrogens (tertiary/aromatic N) is 2. The van der Waals surface area contributed by atoms with Crippen LogP contribution in [-0.4, -0.2) is 29.4 Å². The molecule has 0 saturated carbocycles. The number of aromatic nitrogens is 1. The van der Waals surface area contributed by atoms with Gasteiger partial charge in [0.15, 0.2) is 0 Å². The smallest absolute Gasteiger partial charge is 0.222 e. The van der Waals surface area contributed by atoms with Crippen LogP contribution in [0.3, 0.4) is 0 Å². The quantitative estimate of drug-likeness (QED) is 0.821. The van der Waals surface area contributed by atoms with Crippen LogP contribution in [0, 0.1) is 6.92 Å². The van der Waals surface area contributed by atoms with Gasteiger partial charge in [-0.15, -0.1) is 11.3 Å². The van der Waals surface area contributed by atoms with E-state index < -0.39 is 0 Å². The fraction of sp³-hybridized carbons (Fsp3) is 0.600. The van der Waals surface area contributed by atoms with Crippen LogP contribution in [0.2, 0.25) is 0 Å². The molecular formula is C10H17N3OS. The average Bonchev–Trinajstić information content (AvgIpc) is 2.60. The molecule has 0 fully saturated rings. The first-order valence-electron chi connectivity index (χ1n) is 4.99. The van der Waals surface area contributed by atoms with Crippen molar-refractivity contribution in [3.05, 3.63) is 16.1 Å². The maximum absolute atomic E-state index is 11.6. The van der Waals surface area contributed by atoms with Gasteiger partial charge in [0.25, 0.3) is 0 Å². The summed E-state index contributed by atoms with van der Waals surface area (Å²) in [5, 5.41) is 1.04. The van der Waals surface area contributed by atoms with E-state index >= 15 is 0 Å². The van der Waals surface area contributed by atoms with Crippen molar-refractivity contribution in [1.82, 2.24) is 9.88 Å². The fourth-order valence-corrected chi connectivity index (χ4v) is 2.09. The Balaban J connectivity index is 2.41. The minimum Gasteiger partial charge on any atom is -0.341 e. The molecule has 2 N–H and O–H groups in total. The van der Waals surface area contributed by atoms with Gasteiger partial charge in [0.2, 0.25) is 5.91 Å². The summed E-state index contributed by atoms with van der Waals surface area (Å²) >= 11 is 1.63. The van der Waals surface area contributed by atoms with Crippen LogP contribution in [0.1, 0.15) is 22.7 Å². The van der Waals surface area contributed by atoms with E-state index in [-0.39, 0.29) is 5.91 Å². The number of aryl methyl sites for hydroxylation is 1. The molecule has 0 aromatic carbocycles. The Kier molecular flexibility index (Phi) is 4.71. The van der Waals surface area contributed by atoms with E-state index in [4.69, 9.17) is 5.73 Å². The van der Waals surface area contributed by atoms with Crippen LogP contribution >= 0.6 is 11.3 Å². The van der Waals surface area contributed by atoms with Gasteiger partial charge in [0.05, 0.1) is 11.6 Å². The molecule has 1 aromatic heterocycles. The zero-order chi connectivity index (χ0) is 11.3. The highest BCUT2D eigenvalue weighted by atomic mass is 32.1. The second-order valence-electron chi connectivity index (χ2n) is 3.49. The van der Waals surface area contributed by atoms with Gasteiger partial charge in [0, 0.05) is 24.5 Å². The van der Waals surface area contributed by atoms with Gasteiger partial charge in [-0.3, -0.25) is 4.79 Å². The van der Waals surface area contributed by atoms with Crippen molar-refractivity contribution in [1.29, 1.82) is 0 Å². The molecule has 0 saturated heterocycles. The normalized spacial score (nSPS) is 10.3. The lowest BCUT2D eigenvalue weighted by atomic mass is 10.3. The van der Waals surface area contributed by atoms with Gasteiger partial charge < -0.3 is 10.6 Å². The second-order valence-corrected chi connectivity index (χ2v) is 4.81. The molecule has 15 heavy (non-hydrogen) atoms. The molecule has 0 aliphatic rings. The molecule has 0 radical (unpaired) electrons. The van der Waals surface area contributed by atoms with Gasteiger partial charge >= 0.3 is 0 Å². The van der Waals surface area contributed by atoms with Crippen molar-refractivity contribution in [2.45, 2.75) is 26.3 Å². The van der Waals surface area contributed by atoms with Gasteiger partial charge in [-0.25, -0.2) is 4.98 Å². The molecule has 1 rings (SSSR count). The maximum Gasteiger partial charge on any atom is 0.222 e. The Labute approximate surface area is 94.1 Å². The van der Waals surface area contributed by atoms with Crippen LogP contribution in [0.25, 0.3) is 0 Å². The predicted octanol–water partition coefficient (Wildman–Crippen LogP) is 1.15. The molecule has 0 aliphatic carbocycles. The first-order valence-corrected chi connectivity index (χ1v) is 5.80. The molecule has 0 bridgehead atoms. The van der Waals surface area contributed by atoms with Crippen LogP contribution in [0.4, 0.5) is 0 Å². The summed E-state index contributed by atoms with van der Waals surface area (Å²) in [6.45, 7) is 3.18. The number of hydrogen-bond donors (Lipinski definition) is 1. The van der Waals surface area contributed by atoms with Crippen molar-refractivity contribution >= 4 is 17.2 Å². The van der Waals surface area contributed by atoms with Crippen molar-refractivity contribution in [3.8, 4) is 0 Å². The lowest BCUT2D eigenvalue weighted by Crippen LogP contribution is -2.26. The summed E-state index contributed by atoms with van der Waals surface area (Å²) in [6, 6.07) is 0. The van der Waals surface area contributed by atoms with Crippen molar-refractivity contribution in [2.75, 3.05) is 13.6 Å². The molecule has 5 heteroatoms. The Bertz CT molecular complexity index is 324. The maximum atomic E-state index is 11.6. The zero-order valence-corrected chi connectivity index (χ0v) is 10.0. The van der Waals surface area contributed by atoms with E-state index in [1.165, 1.54) is 0 Å². The standard InChI is InChI=1S/C10H17N3OS/c1-8-12-6-9(15-8)7-13(2)10(14)4-3-5-11/h6H,3-5,7,11H2,1-2H3. The first kappa shape index (κ1) is 12.1. The molecule has 1 aromatic rings. The molecule has 1 amide bonds. The zero-order valence-electron chi connectivity index (χ0n) is 9.19. The molecule has 84 valence electrons. The van der Waals surface area contributed by atoms with Crippen molar-refractivity contribution in [2.24, 2.45) is 5.73 Å². The number of nitrogens with two attached hydrogens (primary N) is 1. The van der Waals surface area contributed by atoms with Crippen molar-refractivity contribution in [3.63, 3.8) is 0 Å². The Morgan fingerprint density at radius 2 is 2.40 bits per heavy atom. The number of hydrogen-bond acceptors (Lipinski definition) is 4. The second kappa shape index (κ2) is 5.82. The van der Waals surface area contributed by atoms with Gasteiger partial charge in [0.1, 0.15) is 0 Å². The van der Waals surface area contributed by atoms with E-state index in [0.717, 1.165) is 16.3 Å². The van der Waals surface area contributed by atoms with E-state index in [2.05, 4.69) is 4.98 Å². The summed E-state index contributed by atoms with van der Waals surface area (Å²) in [5.41, 5.74) is 5.35. The lowest BCUT2D eigenvalue weighted by molar-refractivity contribution is -0.130. The van der Waals surface area contributed by atoms with Crippen LogP contribution in [0.15, 0.2) is 6.20 Å². The highest BCUT2D eigenvalue weighted by Gasteiger charge is 2.09. The highest BCUT2D eigenvalue weighted by Crippen LogP contribution is 2.13. The summed E-state index contributed by atoms with van der Waals surface area (Å²) in [4.78, 5) is 18.6. The van der Waals surface area contributed by atoms with Crippen LogP contribution in [0.5, 0.6) is 0 Å². The molecule has 0 atom stereocenters. The summed E-state index contributed by atoms with van der Waals surface area (Å²) in [7, 11) is 1.81. The summed E-state index contributed by atoms with van der Waals surface area (Å²) < 4.78 is 0. The highest BCUT2D eigenvalue weighted by molar-refractivity contribution is 7.11. The Morgan fingerprint density at radius 1 is 1.67 bits per heavy atom. The lowest BCUT2D eigenvalue weighted by Gasteiger charge is -2.15. The summed E-state index contributed by atoms with van der Waals surface area (Å²) in [6.07, 6.45) is 3.11. The largest absolute Gasteiger partial charge is 0.341 e. The van der Waals surface area contributed by atoms with E-state index in [1.54, 1.807) is 16.2 Å². The molecule has 1 heterocycles. The fourth-order valence-electron chi connectivity index (χ4n) is 1.24. The topological polar surface area (TPSA) is 59.2 Å². The average molecular weight is 227 g/mol. The van der Waals surface area contributed by atoms with E-state index in [1.807, 2.05) is 20.2 Å². The number of amides is 1. The number of carbonyl (C=O) groups excluding carboxylic acids is 1. The number of rotatable bonds is 5. The third kappa shape index (κ3) is 3.97. The third-order valence-corrected chi connectivity index (χ3v) is 2.98. The summed E-state index contributed by atoms with van der Waals surface area (Å²) in [5.74, 6) is 0.145. The molecule has 0 unspecified atom stereocenters. The number of carbonyl (C=O) groups is 1. The third-order valence-electron chi connectivity index (χ3n) is 2.08. The Hall–Kier alpha value is -0.940. The van der Waals surface area contributed by atoms with Crippen LogP contribution in [-0.2, 0) is 11.3 Å². The predicted molar refractivity (Wildman–Crippen MR) is 61.6 cm³/mol. The minimum absolute atomic E-state index is 0.145.